The van der Waals surface area contributed by atoms with Crippen molar-refractivity contribution < 1.29 is 19.4 Å². The molecule has 5 heteroatoms. The van der Waals surface area contributed by atoms with Crippen molar-refractivity contribution >= 4 is 23.7 Å². The second-order valence-electron chi connectivity index (χ2n) is 12.3. The van der Waals surface area contributed by atoms with Gasteiger partial charge in [0.15, 0.2) is 0 Å². The minimum absolute atomic E-state index is 0.0581. The van der Waals surface area contributed by atoms with E-state index in [-0.39, 0.29) is 18.5 Å². The lowest BCUT2D eigenvalue weighted by Gasteiger charge is -2.18. The number of ether oxygens (including phenoxy) is 1. The van der Waals surface area contributed by atoms with Crippen LogP contribution in [-0.4, -0.2) is 34.7 Å². The molecule has 0 aromatic rings. The number of rotatable bonds is 34. The molecule has 41 heavy (non-hydrogen) atoms. The Bertz CT molecular complexity index is 554. The van der Waals surface area contributed by atoms with Crippen molar-refractivity contribution in [3.8, 4) is 0 Å². The maximum Gasteiger partial charge on any atom is 0.306 e. The second-order valence-corrected chi connectivity index (χ2v) is 13.6. The summed E-state index contributed by atoms with van der Waals surface area (Å²) >= 11 is 1.53. The number of hydrogen-bond acceptors (Lipinski definition) is 4. The number of aliphatic carboxylic acids is 1. The molecule has 0 aliphatic rings. The minimum Gasteiger partial charge on any atom is -0.481 e. The third-order valence-corrected chi connectivity index (χ3v) is 9.20. The maximum absolute atomic E-state index is 12.4. The van der Waals surface area contributed by atoms with Gasteiger partial charge in [-0.3, -0.25) is 9.59 Å². The van der Waals surface area contributed by atoms with Gasteiger partial charge in [-0.05, 0) is 25.7 Å². The molecule has 0 rings (SSSR count). The molecule has 0 fully saturated rings. The zero-order chi connectivity index (χ0) is 30.1. The van der Waals surface area contributed by atoms with Crippen LogP contribution in [0, 0.1) is 0 Å². The van der Waals surface area contributed by atoms with E-state index < -0.39 is 5.97 Å². The van der Waals surface area contributed by atoms with E-state index in [1.54, 1.807) is 0 Å². The summed E-state index contributed by atoms with van der Waals surface area (Å²) in [6.45, 7) is 4.55. The van der Waals surface area contributed by atoms with Gasteiger partial charge in [0.25, 0.3) is 0 Å². The monoisotopic (exact) mass is 598 g/mol. The molecule has 0 aromatic carbocycles. The lowest BCUT2D eigenvalue weighted by Crippen LogP contribution is -2.19. The highest BCUT2D eigenvalue weighted by Crippen LogP contribution is 2.19. The van der Waals surface area contributed by atoms with Crippen LogP contribution < -0.4 is 0 Å². The molecule has 0 aromatic heterocycles. The third-order valence-electron chi connectivity index (χ3n) is 8.22. The van der Waals surface area contributed by atoms with Crippen molar-refractivity contribution in [2.24, 2.45) is 0 Å². The molecule has 244 valence electrons. The quantitative estimate of drug-likeness (QED) is 0.0589. The molecule has 1 atom stereocenters. The van der Waals surface area contributed by atoms with E-state index in [1.165, 1.54) is 159 Å². The summed E-state index contributed by atoms with van der Waals surface area (Å²) in [6.07, 6.45) is 36.4. The Labute approximate surface area is 260 Å². The van der Waals surface area contributed by atoms with Crippen molar-refractivity contribution in [1.82, 2.24) is 0 Å². The lowest BCUT2D eigenvalue weighted by atomic mass is 10.0. The summed E-state index contributed by atoms with van der Waals surface area (Å²) in [6, 6.07) is 0. The fourth-order valence-electron chi connectivity index (χ4n) is 5.53. The second kappa shape index (κ2) is 33.8. The summed E-state index contributed by atoms with van der Waals surface area (Å²) < 4.78 is 5.91. The number of carboxylic acid groups (broad SMARTS) is 1. The van der Waals surface area contributed by atoms with Crippen LogP contribution in [0.25, 0.3) is 0 Å². The first-order valence-electron chi connectivity index (χ1n) is 18.1. The number of unbranched alkanes of at least 4 members (excludes halogenated alkanes) is 23. The minimum atomic E-state index is -0.778. The smallest absolute Gasteiger partial charge is 0.306 e. The fraction of sp³-hybridized carbons (Fsp3) is 0.944. The van der Waals surface area contributed by atoms with Crippen LogP contribution in [0.15, 0.2) is 0 Å². The van der Waals surface area contributed by atoms with Crippen LogP contribution in [0.5, 0.6) is 0 Å². The van der Waals surface area contributed by atoms with Crippen molar-refractivity contribution in [3.05, 3.63) is 0 Å². The Morgan fingerprint density at radius 2 is 0.829 bits per heavy atom. The molecule has 1 N–H and O–H groups in total. The number of thioether (sulfide) groups is 1. The summed E-state index contributed by atoms with van der Waals surface area (Å²) in [7, 11) is 0. The van der Waals surface area contributed by atoms with Crippen LogP contribution in [0.3, 0.4) is 0 Å². The molecule has 0 saturated carbocycles. The SMILES string of the molecule is CCCCCCCCCCCCCCCCCCC(CCCCCCCCCCC)OC(=O)CCSCCC(=O)O. The first kappa shape index (κ1) is 40.3. The molecule has 1 unspecified atom stereocenters. The highest BCUT2D eigenvalue weighted by molar-refractivity contribution is 7.99. The summed E-state index contributed by atoms with van der Waals surface area (Å²) in [5.41, 5.74) is 0. The molecule has 0 radical (unpaired) electrons. The van der Waals surface area contributed by atoms with Gasteiger partial charge < -0.3 is 9.84 Å². The van der Waals surface area contributed by atoms with Gasteiger partial charge in [0, 0.05) is 11.5 Å². The number of hydrogen-bond donors (Lipinski definition) is 1. The predicted molar refractivity (Wildman–Crippen MR) is 180 cm³/mol. The Hall–Kier alpha value is -0.710. The van der Waals surface area contributed by atoms with Gasteiger partial charge in [-0.1, -0.05) is 162 Å². The van der Waals surface area contributed by atoms with Gasteiger partial charge in [-0.15, -0.1) is 0 Å². The van der Waals surface area contributed by atoms with Crippen molar-refractivity contribution in [3.63, 3.8) is 0 Å². The standard InChI is InChI=1S/C36H70O4S/c1-3-5-7-9-11-13-14-15-16-17-18-19-21-23-25-27-29-34(28-26-24-22-20-12-10-8-6-4-2)40-36(39)31-33-41-32-30-35(37)38/h34H,3-33H2,1-2H3,(H,37,38). The zero-order valence-electron chi connectivity index (χ0n) is 27.6. The fourth-order valence-corrected chi connectivity index (χ4v) is 6.36. The Morgan fingerprint density at radius 3 is 1.17 bits per heavy atom. The van der Waals surface area contributed by atoms with Crippen LogP contribution in [0.4, 0.5) is 0 Å². The third kappa shape index (κ3) is 33.7. The Balaban J connectivity index is 3.94. The first-order valence-corrected chi connectivity index (χ1v) is 19.2. The van der Waals surface area contributed by atoms with Crippen molar-refractivity contribution in [1.29, 1.82) is 0 Å². The van der Waals surface area contributed by atoms with E-state index in [0.717, 1.165) is 25.7 Å². The molecule has 0 heterocycles. The van der Waals surface area contributed by atoms with Crippen LogP contribution in [-0.2, 0) is 14.3 Å². The molecule has 0 saturated heterocycles. The van der Waals surface area contributed by atoms with E-state index in [2.05, 4.69) is 13.8 Å². The normalized spacial score (nSPS) is 12.0. The van der Waals surface area contributed by atoms with E-state index in [0.29, 0.717) is 17.9 Å². The van der Waals surface area contributed by atoms with E-state index in [1.807, 2.05) is 0 Å². The van der Waals surface area contributed by atoms with Gasteiger partial charge in [0.1, 0.15) is 6.10 Å². The highest BCUT2D eigenvalue weighted by Gasteiger charge is 2.14. The number of carbonyl (C=O) groups is 2. The summed E-state index contributed by atoms with van der Waals surface area (Å²) in [5, 5.41) is 8.76. The van der Waals surface area contributed by atoms with Crippen LogP contribution in [0.1, 0.15) is 200 Å². The molecular weight excluding hydrogens is 528 g/mol. The molecule has 4 nitrogen and oxygen atoms in total. The molecule has 0 spiro atoms. The average molecular weight is 599 g/mol. The summed E-state index contributed by atoms with van der Waals surface area (Å²) in [5.74, 6) is 0.324. The van der Waals surface area contributed by atoms with E-state index >= 15 is 0 Å². The van der Waals surface area contributed by atoms with Gasteiger partial charge in [-0.2, -0.15) is 11.8 Å². The zero-order valence-corrected chi connectivity index (χ0v) is 28.4. The molecule has 0 bridgehead atoms. The number of carboxylic acids is 1. The average Bonchev–Trinajstić information content (AvgIpc) is 2.95. The number of esters is 1. The Kier molecular flexibility index (Phi) is 33.2. The van der Waals surface area contributed by atoms with Crippen LogP contribution in [0.2, 0.25) is 0 Å². The Morgan fingerprint density at radius 1 is 0.512 bits per heavy atom. The van der Waals surface area contributed by atoms with Gasteiger partial charge in [-0.25, -0.2) is 0 Å². The highest BCUT2D eigenvalue weighted by atomic mass is 32.2. The van der Waals surface area contributed by atoms with Gasteiger partial charge in [0.05, 0.1) is 12.8 Å². The molecular formula is C36H70O4S. The van der Waals surface area contributed by atoms with Crippen LogP contribution >= 0.6 is 11.8 Å². The topological polar surface area (TPSA) is 63.6 Å². The van der Waals surface area contributed by atoms with E-state index in [9.17, 15) is 9.59 Å². The predicted octanol–water partition coefficient (Wildman–Crippen LogP) is 12.1. The first-order chi connectivity index (χ1) is 20.1. The van der Waals surface area contributed by atoms with Gasteiger partial charge >= 0.3 is 11.9 Å². The largest absolute Gasteiger partial charge is 0.481 e. The van der Waals surface area contributed by atoms with E-state index in [4.69, 9.17) is 9.84 Å². The van der Waals surface area contributed by atoms with Crippen molar-refractivity contribution in [2.75, 3.05) is 11.5 Å². The summed E-state index contributed by atoms with van der Waals surface area (Å²) in [4.78, 5) is 23.1. The van der Waals surface area contributed by atoms with Crippen molar-refractivity contribution in [2.45, 2.75) is 206 Å². The lowest BCUT2D eigenvalue weighted by molar-refractivity contribution is -0.149. The number of carbonyl (C=O) groups excluding carboxylic acids is 1. The molecule has 0 aliphatic carbocycles. The molecule has 0 amide bonds. The molecule has 0 aliphatic heterocycles. The van der Waals surface area contributed by atoms with Gasteiger partial charge in [0.2, 0.25) is 0 Å². The maximum atomic E-state index is 12.4.